The number of carboxylic acid groups (broad SMARTS) is 1. The maximum atomic E-state index is 12.5. The third-order valence-corrected chi connectivity index (χ3v) is 6.73. The Hall–Kier alpha value is -4.17. The number of benzene rings is 1. The molecule has 3 heterocycles. The molecule has 0 saturated heterocycles. The number of hydrogen-bond acceptors (Lipinski definition) is 9. The molecule has 0 atom stereocenters. The molecular formula is C24H18N4O6S. The molecule has 0 unspecified atom stereocenters. The van der Waals surface area contributed by atoms with E-state index >= 15 is 0 Å². The first-order valence-corrected chi connectivity index (χ1v) is 11.8. The van der Waals surface area contributed by atoms with Crippen molar-refractivity contribution in [2.24, 2.45) is 0 Å². The Bertz CT molecular complexity index is 1470. The lowest BCUT2D eigenvalue weighted by Gasteiger charge is -2.07. The van der Waals surface area contributed by atoms with Crippen LogP contribution in [0, 0.1) is 11.8 Å². The van der Waals surface area contributed by atoms with E-state index in [0.717, 1.165) is 24.1 Å². The number of carbonyl (C=O) groups is 2. The standard InChI is InChI=1S/C24H18N4O6S/c29-22(30)24(10-11-24)21-27-20-19(34-21)25-16(33-20)9-8-15-18(17(28-35-15)14-6-7-14)26-23(31)32-12-13-4-2-1-3-5-13/h1-5,14H,6-7,10-12H2,(H,26,31)(H,29,30). The highest BCUT2D eigenvalue weighted by molar-refractivity contribution is 7.07. The first-order chi connectivity index (χ1) is 17.0. The van der Waals surface area contributed by atoms with Crippen LogP contribution in [0.5, 0.6) is 0 Å². The average molecular weight is 490 g/mol. The number of oxazole rings is 2. The molecule has 1 aromatic carbocycles. The molecule has 176 valence electrons. The fourth-order valence-electron chi connectivity index (χ4n) is 3.66. The SMILES string of the molecule is O=C(Nc1c(C2CC2)nsc1C#Cc1nc2oc(C3(C(=O)O)CC3)nc2o1)OCc1ccccc1. The summed E-state index contributed by atoms with van der Waals surface area (Å²) in [6, 6.07) is 9.41. The van der Waals surface area contributed by atoms with Gasteiger partial charge in [-0.15, -0.1) is 0 Å². The summed E-state index contributed by atoms with van der Waals surface area (Å²) in [6.45, 7) is 0.150. The van der Waals surface area contributed by atoms with Gasteiger partial charge in [-0.25, -0.2) is 4.79 Å². The van der Waals surface area contributed by atoms with E-state index in [-0.39, 0.29) is 29.8 Å². The van der Waals surface area contributed by atoms with Crippen LogP contribution >= 0.6 is 11.5 Å². The van der Waals surface area contributed by atoms with Gasteiger partial charge < -0.3 is 18.7 Å². The molecule has 10 nitrogen and oxygen atoms in total. The maximum absolute atomic E-state index is 12.5. The Labute approximate surface area is 202 Å². The van der Waals surface area contributed by atoms with Crippen molar-refractivity contribution in [3.8, 4) is 11.8 Å². The van der Waals surface area contributed by atoms with Crippen molar-refractivity contribution in [2.45, 2.75) is 43.6 Å². The summed E-state index contributed by atoms with van der Waals surface area (Å²) in [5.41, 5.74) is 1.34. The highest BCUT2D eigenvalue weighted by Gasteiger charge is 2.56. The van der Waals surface area contributed by atoms with Gasteiger partial charge in [0.05, 0.1) is 11.4 Å². The number of nitrogens with one attached hydrogen (secondary N) is 1. The lowest BCUT2D eigenvalue weighted by molar-refractivity contribution is -0.140. The Balaban J connectivity index is 1.20. The molecule has 2 aliphatic rings. The zero-order valence-corrected chi connectivity index (χ0v) is 19.1. The smallest absolute Gasteiger partial charge is 0.412 e. The van der Waals surface area contributed by atoms with Crippen LogP contribution in [0.3, 0.4) is 0 Å². The number of carboxylic acids is 1. The molecule has 0 radical (unpaired) electrons. The summed E-state index contributed by atoms with van der Waals surface area (Å²) >= 11 is 1.18. The van der Waals surface area contributed by atoms with Gasteiger partial charge in [0, 0.05) is 5.92 Å². The first kappa shape index (κ1) is 21.4. The van der Waals surface area contributed by atoms with Crippen LogP contribution in [-0.4, -0.2) is 31.5 Å². The molecule has 2 N–H and O–H groups in total. The number of aromatic nitrogens is 3. The van der Waals surface area contributed by atoms with Gasteiger partial charge >= 0.3 is 12.1 Å². The van der Waals surface area contributed by atoms with Crippen LogP contribution in [0.25, 0.3) is 11.4 Å². The molecule has 4 aromatic rings. The third-order valence-electron chi connectivity index (χ3n) is 5.95. The second kappa shape index (κ2) is 8.25. The number of aliphatic carboxylic acids is 1. The fourth-order valence-corrected chi connectivity index (χ4v) is 4.43. The fraction of sp³-hybridized carbons (Fsp3) is 0.292. The van der Waals surface area contributed by atoms with E-state index < -0.39 is 17.5 Å². The number of hydrogen-bond donors (Lipinski definition) is 2. The second-order valence-electron chi connectivity index (χ2n) is 8.52. The van der Waals surface area contributed by atoms with Crippen LogP contribution in [-0.2, 0) is 21.6 Å². The summed E-state index contributed by atoms with van der Waals surface area (Å²) < 4.78 is 20.9. The Morgan fingerprint density at radius 3 is 2.60 bits per heavy atom. The minimum absolute atomic E-state index is 0.0666. The van der Waals surface area contributed by atoms with Crippen LogP contribution in [0.2, 0.25) is 0 Å². The molecule has 2 saturated carbocycles. The number of rotatable bonds is 6. The predicted molar refractivity (Wildman–Crippen MR) is 123 cm³/mol. The average Bonchev–Trinajstić information content (AvgIpc) is 3.75. The van der Waals surface area contributed by atoms with Crippen molar-refractivity contribution in [3.63, 3.8) is 0 Å². The minimum Gasteiger partial charge on any atom is -0.480 e. The Kier molecular flexibility index (Phi) is 5.04. The molecular weight excluding hydrogens is 472 g/mol. The molecule has 0 aliphatic heterocycles. The van der Waals surface area contributed by atoms with E-state index in [4.69, 9.17) is 13.6 Å². The molecule has 3 aromatic heterocycles. The molecule has 1 amide bonds. The lowest BCUT2D eigenvalue weighted by atomic mass is 10.1. The summed E-state index contributed by atoms with van der Waals surface area (Å²) in [6.07, 6.45) is 2.36. The van der Waals surface area contributed by atoms with Crippen molar-refractivity contribution in [2.75, 3.05) is 5.32 Å². The lowest BCUT2D eigenvalue weighted by Crippen LogP contribution is -2.19. The van der Waals surface area contributed by atoms with Gasteiger partial charge in [0.2, 0.25) is 5.89 Å². The van der Waals surface area contributed by atoms with E-state index in [1.807, 2.05) is 30.3 Å². The summed E-state index contributed by atoms with van der Waals surface area (Å²) in [5, 5.41) is 12.2. The van der Waals surface area contributed by atoms with Gasteiger partial charge in [0.25, 0.3) is 17.3 Å². The summed E-state index contributed by atoms with van der Waals surface area (Å²) in [5.74, 6) is 5.25. The number of ether oxygens (including phenoxy) is 1. The van der Waals surface area contributed by atoms with Gasteiger partial charge in [-0.2, -0.15) is 14.3 Å². The van der Waals surface area contributed by atoms with Crippen LogP contribution < -0.4 is 5.32 Å². The summed E-state index contributed by atoms with van der Waals surface area (Å²) in [4.78, 5) is 32.8. The van der Waals surface area contributed by atoms with Crippen molar-refractivity contribution >= 4 is 40.7 Å². The van der Waals surface area contributed by atoms with Gasteiger partial charge in [0.1, 0.15) is 16.9 Å². The number of fused-ring (bicyclic) bond motifs is 1. The second-order valence-corrected chi connectivity index (χ2v) is 9.29. The Morgan fingerprint density at radius 2 is 1.91 bits per heavy atom. The number of anilines is 1. The van der Waals surface area contributed by atoms with E-state index in [1.165, 1.54) is 11.5 Å². The topological polar surface area (TPSA) is 141 Å². The van der Waals surface area contributed by atoms with Crippen molar-refractivity contribution < 1.29 is 28.3 Å². The minimum atomic E-state index is -1.08. The first-order valence-electron chi connectivity index (χ1n) is 11.0. The van der Waals surface area contributed by atoms with Crippen LogP contribution in [0.4, 0.5) is 10.5 Å². The van der Waals surface area contributed by atoms with Crippen LogP contribution in [0.1, 0.15) is 59.5 Å². The Morgan fingerprint density at radius 1 is 1.14 bits per heavy atom. The van der Waals surface area contributed by atoms with E-state index in [2.05, 4.69) is 31.5 Å². The molecule has 6 rings (SSSR count). The van der Waals surface area contributed by atoms with Gasteiger partial charge in [-0.3, -0.25) is 10.1 Å². The number of amides is 1. The monoisotopic (exact) mass is 490 g/mol. The number of carbonyl (C=O) groups excluding carboxylic acids is 1. The quantitative estimate of drug-likeness (QED) is 0.376. The number of nitrogens with zero attached hydrogens (tertiary/aromatic N) is 3. The summed E-state index contributed by atoms with van der Waals surface area (Å²) in [7, 11) is 0. The molecule has 35 heavy (non-hydrogen) atoms. The van der Waals surface area contributed by atoms with Crippen molar-refractivity contribution in [1.82, 2.24) is 14.3 Å². The third kappa shape index (κ3) is 4.13. The molecule has 2 aliphatic carbocycles. The van der Waals surface area contributed by atoms with Gasteiger partial charge in [-0.05, 0) is 54.6 Å². The van der Waals surface area contributed by atoms with E-state index in [1.54, 1.807) is 0 Å². The zero-order chi connectivity index (χ0) is 24.0. The van der Waals surface area contributed by atoms with Gasteiger partial charge in [0.15, 0.2) is 0 Å². The van der Waals surface area contributed by atoms with Crippen molar-refractivity contribution in [1.29, 1.82) is 0 Å². The van der Waals surface area contributed by atoms with Gasteiger partial charge in [-0.1, -0.05) is 30.3 Å². The zero-order valence-electron chi connectivity index (χ0n) is 18.2. The molecule has 0 spiro atoms. The highest BCUT2D eigenvalue weighted by Crippen LogP contribution is 2.48. The van der Waals surface area contributed by atoms with Crippen molar-refractivity contribution in [3.05, 3.63) is 58.2 Å². The van der Waals surface area contributed by atoms with E-state index in [9.17, 15) is 14.7 Å². The molecule has 11 heteroatoms. The largest absolute Gasteiger partial charge is 0.480 e. The normalized spacial score (nSPS) is 15.9. The maximum Gasteiger partial charge on any atom is 0.412 e. The predicted octanol–water partition coefficient (Wildman–Crippen LogP) is 4.41. The molecule has 0 bridgehead atoms. The molecule has 2 fully saturated rings. The van der Waals surface area contributed by atoms with E-state index in [0.29, 0.717) is 29.3 Å². The van der Waals surface area contributed by atoms with Crippen LogP contribution in [0.15, 0.2) is 39.2 Å². The highest BCUT2D eigenvalue weighted by atomic mass is 32.1.